The highest BCUT2D eigenvalue weighted by Crippen LogP contribution is 2.27. The first kappa shape index (κ1) is 9.56. The number of nitrogens with zero attached hydrogens (tertiary/aromatic N) is 1. The van der Waals surface area contributed by atoms with E-state index >= 15 is 0 Å². The molecule has 0 aliphatic carbocycles. The summed E-state index contributed by atoms with van der Waals surface area (Å²) in [6.07, 6.45) is -3.99. The van der Waals surface area contributed by atoms with Crippen molar-refractivity contribution in [3.8, 4) is 0 Å². The molecule has 0 amide bonds. The van der Waals surface area contributed by atoms with Crippen LogP contribution < -0.4 is 0 Å². The summed E-state index contributed by atoms with van der Waals surface area (Å²) in [6.45, 7) is 0. The Labute approximate surface area is 70.7 Å². The van der Waals surface area contributed by atoms with Crippen LogP contribution in [0.1, 0.15) is 16.3 Å². The van der Waals surface area contributed by atoms with Crippen LogP contribution in [0.3, 0.4) is 0 Å². The van der Waals surface area contributed by atoms with Gasteiger partial charge < -0.3 is 9.72 Å². The summed E-state index contributed by atoms with van der Waals surface area (Å²) in [6, 6.07) is 0. The maximum Gasteiger partial charge on any atom is 0.432 e. The van der Waals surface area contributed by atoms with Crippen LogP contribution in [0.25, 0.3) is 0 Å². The second kappa shape index (κ2) is 3.08. The topological polar surface area (TPSA) is 55.0 Å². The van der Waals surface area contributed by atoms with Crippen molar-refractivity contribution in [2.75, 3.05) is 7.11 Å². The molecule has 0 saturated carbocycles. The fourth-order valence-electron chi connectivity index (χ4n) is 0.666. The van der Waals surface area contributed by atoms with Crippen LogP contribution in [-0.4, -0.2) is 23.0 Å². The Morgan fingerprint density at radius 1 is 1.62 bits per heavy atom. The molecular formula is C6H5F3N2O2. The van der Waals surface area contributed by atoms with Gasteiger partial charge >= 0.3 is 12.1 Å². The van der Waals surface area contributed by atoms with E-state index < -0.39 is 23.7 Å². The molecule has 1 aromatic rings. The number of carbonyl (C=O) groups excluding carboxylic acids is 1. The molecule has 1 rings (SSSR count). The highest BCUT2D eigenvalue weighted by Gasteiger charge is 2.33. The molecule has 0 radical (unpaired) electrons. The first-order valence-electron chi connectivity index (χ1n) is 3.15. The molecule has 0 atom stereocenters. The van der Waals surface area contributed by atoms with E-state index in [0.29, 0.717) is 6.20 Å². The van der Waals surface area contributed by atoms with E-state index in [1.807, 2.05) is 0 Å². The fraction of sp³-hybridized carbons (Fsp3) is 0.333. The summed E-state index contributed by atoms with van der Waals surface area (Å²) in [5.41, 5.74) is -1.08. The normalized spacial score (nSPS) is 11.4. The molecule has 72 valence electrons. The van der Waals surface area contributed by atoms with E-state index in [1.165, 1.54) is 0 Å². The van der Waals surface area contributed by atoms with Gasteiger partial charge in [-0.1, -0.05) is 0 Å². The number of carbonyl (C=O) groups is 1. The minimum Gasteiger partial charge on any atom is -0.463 e. The number of hydrogen-bond acceptors (Lipinski definition) is 3. The number of halogens is 3. The quantitative estimate of drug-likeness (QED) is 0.683. The lowest BCUT2D eigenvalue weighted by Gasteiger charge is -2.00. The number of methoxy groups -OCH3 is 1. The molecule has 0 aliphatic rings. The third-order valence-corrected chi connectivity index (χ3v) is 1.26. The zero-order valence-corrected chi connectivity index (χ0v) is 6.47. The third kappa shape index (κ3) is 1.98. The van der Waals surface area contributed by atoms with Gasteiger partial charge in [0.05, 0.1) is 13.3 Å². The fourth-order valence-corrected chi connectivity index (χ4v) is 0.666. The second-order valence-corrected chi connectivity index (χ2v) is 2.13. The molecule has 0 bridgehead atoms. The van der Waals surface area contributed by atoms with Gasteiger partial charge in [-0.15, -0.1) is 0 Å². The van der Waals surface area contributed by atoms with Crippen molar-refractivity contribution in [3.63, 3.8) is 0 Å². The van der Waals surface area contributed by atoms with Crippen LogP contribution in [0.5, 0.6) is 0 Å². The van der Waals surface area contributed by atoms with Crippen LogP contribution in [-0.2, 0) is 10.9 Å². The smallest absolute Gasteiger partial charge is 0.432 e. The highest BCUT2D eigenvalue weighted by molar-refractivity contribution is 5.85. The SMILES string of the molecule is COC(=O)c1ncc(C(F)(F)F)[nH]1. The lowest BCUT2D eigenvalue weighted by atomic mass is 10.5. The van der Waals surface area contributed by atoms with Gasteiger partial charge in [-0.25, -0.2) is 9.78 Å². The molecule has 1 heterocycles. The van der Waals surface area contributed by atoms with Gasteiger partial charge in [-0.2, -0.15) is 13.2 Å². The van der Waals surface area contributed by atoms with Crippen LogP contribution >= 0.6 is 0 Å². The Bertz CT molecular complexity index is 318. The first-order chi connectivity index (χ1) is 5.95. The molecule has 1 aromatic heterocycles. The average Bonchev–Trinajstić information content (AvgIpc) is 2.50. The largest absolute Gasteiger partial charge is 0.463 e. The zero-order chi connectivity index (χ0) is 10.1. The monoisotopic (exact) mass is 194 g/mol. The lowest BCUT2D eigenvalue weighted by molar-refractivity contribution is -0.140. The molecule has 1 N–H and O–H groups in total. The van der Waals surface area contributed by atoms with Crippen LogP contribution in [0.4, 0.5) is 13.2 Å². The average molecular weight is 194 g/mol. The van der Waals surface area contributed by atoms with Gasteiger partial charge in [0.2, 0.25) is 5.82 Å². The number of ether oxygens (including phenoxy) is 1. The maximum atomic E-state index is 11.9. The van der Waals surface area contributed by atoms with Crippen molar-refractivity contribution < 1.29 is 22.7 Å². The number of aromatic amines is 1. The standard InChI is InChI=1S/C6H5F3N2O2/c1-13-5(12)4-10-2-3(11-4)6(7,8)9/h2H,1H3,(H,10,11). The van der Waals surface area contributed by atoms with Crippen molar-refractivity contribution in [2.45, 2.75) is 6.18 Å². The predicted molar refractivity (Wildman–Crippen MR) is 34.9 cm³/mol. The third-order valence-electron chi connectivity index (χ3n) is 1.26. The lowest BCUT2D eigenvalue weighted by Crippen LogP contribution is -2.07. The molecule has 4 nitrogen and oxygen atoms in total. The van der Waals surface area contributed by atoms with Gasteiger partial charge in [0.25, 0.3) is 0 Å². The number of nitrogens with one attached hydrogen (secondary N) is 1. The number of hydrogen-bond donors (Lipinski definition) is 1. The molecule has 0 aromatic carbocycles. The van der Waals surface area contributed by atoms with E-state index in [1.54, 1.807) is 4.98 Å². The highest BCUT2D eigenvalue weighted by atomic mass is 19.4. The second-order valence-electron chi connectivity index (χ2n) is 2.13. The number of aromatic nitrogens is 2. The summed E-state index contributed by atoms with van der Waals surface area (Å²) in [7, 11) is 1.05. The maximum absolute atomic E-state index is 11.9. The van der Waals surface area contributed by atoms with Crippen molar-refractivity contribution >= 4 is 5.97 Å². The predicted octanol–water partition coefficient (Wildman–Crippen LogP) is 1.22. The van der Waals surface area contributed by atoms with E-state index in [9.17, 15) is 18.0 Å². The molecule has 7 heteroatoms. The molecule has 0 saturated heterocycles. The summed E-state index contributed by atoms with van der Waals surface area (Å²) in [5.74, 6) is -1.40. The minimum absolute atomic E-state index is 0.463. The Morgan fingerprint density at radius 3 is 2.62 bits per heavy atom. The summed E-state index contributed by atoms with van der Waals surface area (Å²) < 4.78 is 40.0. The summed E-state index contributed by atoms with van der Waals surface area (Å²) in [5, 5.41) is 0. The van der Waals surface area contributed by atoms with Gasteiger partial charge in [0.1, 0.15) is 5.69 Å². The van der Waals surface area contributed by atoms with Crippen molar-refractivity contribution in [3.05, 3.63) is 17.7 Å². The molecular weight excluding hydrogens is 189 g/mol. The Hall–Kier alpha value is -1.53. The minimum atomic E-state index is -4.53. The Balaban J connectivity index is 2.93. The van der Waals surface area contributed by atoms with Crippen LogP contribution in [0.15, 0.2) is 6.20 Å². The van der Waals surface area contributed by atoms with Crippen molar-refractivity contribution in [2.24, 2.45) is 0 Å². The number of imidazole rings is 1. The molecule has 0 spiro atoms. The first-order valence-corrected chi connectivity index (χ1v) is 3.15. The molecule has 0 aliphatic heterocycles. The van der Waals surface area contributed by atoms with E-state index in [2.05, 4.69) is 9.72 Å². The van der Waals surface area contributed by atoms with Gasteiger partial charge in [-0.3, -0.25) is 0 Å². The van der Waals surface area contributed by atoms with Crippen LogP contribution in [0, 0.1) is 0 Å². The van der Waals surface area contributed by atoms with Crippen molar-refractivity contribution in [1.29, 1.82) is 0 Å². The zero-order valence-electron chi connectivity index (χ0n) is 6.47. The molecule has 0 fully saturated rings. The number of H-pyrrole nitrogens is 1. The van der Waals surface area contributed by atoms with Crippen molar-refractivity contribution in [1.82, 2.24) is 9.97 Å². The van der Waals surface area contributed by atoms with Gasteiger partial charge in [0.15, 0.2) is 0 Å². The Morgan fingerprint density at radius 2 is 2.23 bits per heavy atom. The molecule has 13 heavy (non-hydrogen) atoms. The number of alkyl halides is 3. The number of rotatable bonds is 1. The van der Waals surface area contributed by atoms with Crippen LogP contribution in [0.2, 0.25) is 0 Å². The number of esters is 1. The Kier molecular flexibility index (Phi) is 2.26. The van der Waals surface area contributed by atoms with Gasteiger partial charge in [-0.05, 0) is 0 Å². The van der Waals surface area contributed by atoms with Gasteiger partial charge in [0, 0.05) is 0 Å². The van der Waals surface area contributed by atoms with E-state index in [4.69, 9.17) is 0 Å². The molecule has 0 unspecified atom stereocenters. The summed E-state index contributed by atoms with van der Waals surface area (Å²) >= 11 is 0. The summed E-state index contributed by atoms with van der Waals surface area (Å²) in [4.78, 5) is 15.7. The van der Waals surface area contributed by atoms with E-state index in [0.717, 1.165) is 7.11 Å². The van der Waals surface area contributed by atoms with E-state index in [-0.39, 0.29) is 0 Å².